The lowest BCUT2D eigenvalue weighted by Gasteiger charge is -2.05. The first-order chi connectivity index (χ1) is 12.3. The number of imidazole rings is 1. The van der Waals surface area contributed by atoms with E-state index in [4.69, 9.17) is 16.9 Å². The molecular formula is C17H9ClF3N5. The molecule has 5 nitrogen and oxygen atoms in total. The summed E-state index contributed by atoms with van der Waals surface area (Å²) < 4.78 is 38.4. The van der Waals surface area contributed by atoms with Crippen molar-refractivity contribution in [2.45, 2.75) is 6.18 Å². The van der Waals surface area contributed by atoms with E-state index in [1.54, 1.807) is 18.3 Å². The second kappa shape index (κ2) is 5.68. The highest BCUT2D eigenvalue weighted by Gasteiger charge is 2.30. The largest absolute Gasteiger partial charge is 0.416 e. The molecule has 0 aliphatic carbocycles. The molecule has 0 amide bonds. The molecule has 0 unspecified atom stereocenters. The fourth-order valence-corrected chi connectivity index (χ4v) is 3.08. The van der Waals surface area contributed by atoms with Crippen molar-refractivity contribution in [2.24, 2.45) is 0 Å². The van der Waals surface area contributed by atoms with Crippen molar-refractivity contribution in [1.29, 1.82) is 5.26 Å². The zero-order valence-corrected chi connectivity index (χ0v) is 13.6. The molecule has 4 aromatic rings. The lowest BCUT2D eigenvalue weighted by molar-refractivity contribution is -0.137. The van der Waals surface area contributed by atoms with E-state index in [9.17, 15) is 13.2 Å². The van der Waals surface area contributed by atoms with Gasteiger partial charge in [-0.2, -0.15) is 18.4 Å². The maximum absolute atomic E-state index is 12.8. The van der Waals surface area contributed by atoms with E-state index < -0.39 is 11.7 Å². The first-order valence-electron chi connectivity index (χ1n) is 7.40. The van der Waals surface area contributed by atoms with Crippen LogP contribution in [-0.2, 0) is 6.18 Å². The zero-order valence-electron chi connectivity index (χ0n) is 12.9. The Morgan fingerprint density at radius 1 is 1.15 bits per heavy atom. The molecule has 0 spiro atoms. The summed E-state index contributed by atoms with van der Waals surface area (Å²) in [5, 5.41) is 13.0. The van der Waals surface area contributed by atoms with Crippen molar-refractivity contribution in [3.8, 4) is 6.07 Å². The van der Waals surface area contributed by atoms with Gasteiger partial charge in [0, 0.05) is 17.3 Å². The number of aromatic amines is 2. The van der Waals surface area contributed by atoms with E-state index in [1.807, 2.05) is 6.07 Å². The summed E-state index contributed by atoms with van der Waals surface area (Å²) in [6.45, 7) is 0. The molecule has 3 N–H and O–H groups in total. The number of alkyl halides is 3. The lowest BCUT2D eigenvalue weighted by atomic mass is 10.1. The first kappa shape index (κ1) is 16.3. The normalized spacial score (nSPS) is 11.8. The van der Waals surface area contributed by atoms with Gasteiger partial charge in [-0.1, -0.05) is 11.6 Å². The number of halogens is 4. The van der Waals surface area contributed by atoms with Crippen LogP contribution in [0.5, 0.6) is 0 Å². The Morgan fingerprint density at radius 3 is 2.69 bits per heavy atom. The molecule has 2 aromatic carbocycles. The Kier molecular flexibility index (Phi) is 3.56. The van der Waals surface area contributed by atoms with Gasteiger partial charge in [-0.05, 0) is 30.3 Å². The Balaban J connectivity index is 1.71. The van der Waals surface area contributed by atoms with Crippen LogP contribution in [0.3, 0.4) is 0 Å². The second-order valence-corrected chi connectivity index (χ2v) is 6.04. The van der Waals surface area contributed by atoms with Gasteiger partial charge < -0.3 is 15.3 Å². The predicted molar refractivity (Wildman–Crippen MR) is 92.4 cm³/mol. The third-order valence-electron chi connectivity index (χ3n) is 3.92. The number of anilines is 2. The highest BCUT2D eigenvalue weighted by atomic mass is 35.5. The summed E-state index contributed by atoms with van der Waals surface area (Å²) in [7, 11) is 0. The van der Waals surface area contributed by atoms with Crippen molar-refractivity contribution in [3.05, 3.63) is 52.7 Å². The summed E-state index contributed by atoms with van der Waals surface area (Å²) in [4.78, 5) is 9.99. The van der Waals surface area contributed by atoms with Crippen LogP contribution in [0.4, 0.5) is 24.8 Å². The van der Waals surface area contributed by atoms with Crippen LogP contribution in [0.25, 0.3) is 21.9 Å². The van der Waals surface area contributed by atoms with Gasteiger partial charge in [-0.25, -0.2) is 4.98 Å². The van der Waals surface area contributed by atoms with Crippen LogP contribution in [0, 0.1) is 11.3 Å². The van der Waals surface area contributed by atoms with Gasteiger partial charge in [0.15, 0.2) is 0 Å². The molecule has 0 saturated heterocycles. The van der Waals surface area contributed by atoms with Crippen LogP contribution in [0.15, 0.2) is 36.5 Å². The molecule has 2 heterocycles. The molecule has 130 valence electrons. The van der Waals surface area contributed by atoms with Crippen molar-refractivity contribution < 1.29 is 13.2 Å². The average Bonchev–Trinajstić information content (AvgIpc) is 3.16. The maximum Gasteiger partial charge on any atom is 0.416 e. The summed E-state index contributed by atoms with van der Waals surface area (Å²) in [6, 6.07) is 8.70. The molecular weight excluding hydrogens is 367 g/mol. The summed E-state index contributed by atoms with van der Waals surface area (Å²) >= 11 is 6.24. The molecule has 0 radical (unpaired) electrons. The Labute approximate surface area is 149 Å². The fourth-order valence-electron chi connectivity index (χ4n) is 2.76. The number of H-pyrrole nitrogens is 2. The minimum atomic E-state index is -4.42. The standard InChI is InChI=1S/C17H9ClF3N5/c18-11-4-10(5-14-15(11)8(6-22)7-23-14)24-16-25-12-2-1-9(17(19,20)21)3-13(12)26-16/h1-5,7,23H,(H2,24,25,26). The smallest absolute Gasteiger partial charge is 0.360 e. The predicted octanol–water partition coefficient (Wildman–Crippen LogP) is 5.33. The van der Waals surface area contributed by atoms with Gasteiger partial charge in [0.2, 0.25) is 5.95 Å². The molecule has 0 aliphatic rings. The molecule has 4 rings (SSSR count). The molecule has 2 aromatic heterocycles. The van der Waals surface area contributed by atoms with Crippen LogP contribution >= 0.6 is 11.6 Å². The van der Waals surface area contributed by atoms with Gasteiger partial charge in [-0.15, -0.1) is 0 Å². The molecule has 0 bridgehead atoms. The monoisotopic (exact) mass is 375 g/mol. The first-order valence-corrected chi connectivity index (χ1v) is 7.77. The van der Waals surface area contributed by atoms with Gasteiger partial charge in [-0.3, -0.25) is 0 Å². The number of benzene rings is 2. The molecule has 0 aliphatic heterocycles. The number of fused-ring (bicyclic) bond motifs is 2. The summed E-state index contributed by atoms with van der Waals surface area (Å²) in [5.74, 6) is 0.279. The van der Waals surface area contributed by atoms with Crippen molar-refractivity contribution in [3.63, 3.8) is 0 Å². The second-order valence-electron chi connectivity index (χ2n) is 5.63. The third kappa shape index (κ3) is 2.72. The number of nitrogens with one attached hydrogen (secondary N) is 3. The van der Waals surface area contributed by atoms with Crippen LogP contribution < -0.4 is 5.32 Å². The van der Waals surface area contributed by atoms with E-state index in [2.05, 4.69) is 20.3 Å². The quantitative estimate of drug-likeness (QED) is 0.443. The maximum atomic E-state index is 12.8. The lowest BCUT2D eigenvalue weighted by Crippen LogP contribution is -2.04. The number of hydrogen-bond donors (Lipinski definition) is 3. The minimum absolute atomic E-state index is 0.265. The highest BCUT2D eigenvalue weighted by Crippen LogP contribution is 2.33. The van der Waals surface area contributed by atoms with Crippen molar-refractivity contribution in [2.75, 3.05) is 5.32 Å². The van der Waals surface area contributed by atoms with E-state index in [-0.39, 0.29) is 11.5 Å². The topological polar surface area (TPSA) is 80.3 Å². The van der Waals surface area contributed by atoms with Gasteiger partial charge >= 0.3 is 6.18 Å². The van der Waals surface area contributed by atoms with Gasteiger partial charge in [0.25, 0.3) is 0 Å². The minimum Gasteiger partial charge on any atom is -0.360 e. The number of rotatable bonds is 2. The van der Waals surface area contributed by atoms with E-state index in [0.29, 0.717) is 32.7 Å². The number of nitrogens with zero attached hydrogens (tertiary/aromatic N) is 2. The zero-order chi connectivity index (χ0) is 18.5. The molecule has 0 fully saturated rings. The molecule has 26 heavy (non-hydrogen) atoms. The molecule has 0 atom stereocenters. The van der Waals surface area contributed by atoms with Crippen molar-refractivity contribution in [1.82, 2.24) is 15.0 Å². The summed E-state index contributed by atoms with van der Waals surface area (Å²) in [5.41, 5.74) is 1.58. The Hall–Kier alpha value is -3.18. The van der Waals surface area contributed by atoms with E-state index in [0.717, 1.165) is 12.1 Å². The average molecular weight is 376 g/mol. The van der Waals surface area contributed by atoms with Crippen molar-refractivity contribution >= 4 is 45.2 Å². The van der Waals surface area contributed by atoms with Crippen LogP contribution in [-0.4, -0.2) is 15.0 Å². The van der Waals surface area contributed by atoms with Gasteiger partial charge in [0.1, 0.15) is 6.07 Å². The van der Waals surface area contributed by atoms with Crippen LogP contribution in [0.2, 0.25) is 5.02 Å². The van der Waals surface area contributed by atoms with E-state index in [1.165, 1.54) is 6.07 Å². The fraction of sp³-hybridized carbons (Fsp3) is 0.0588. The third-order valence-corrected chi connectivity index (χ3v) is 4.22. The van der Waals surface area contributed by atoms with E-state index >= 15 is 0 Å². The number of nitriles is 1. The SMILES string of the molecule is N#Cc1c[nH]c2cc(Nc3nc4ccc(C(F)(F)F)cc4[nH]3)cc(Cl)c12. The Bertz CT molecular complexity index is 1180. The Morgan fingerprint density at radius 2 is 1.96 bits per heavy atom. The molecule has 9 heteroatoms. The highest BCUT2D eigenvalue weighted by molar-refractivity contribution is 6.36. The molecule has 0 saturated carbocycles. The van der Waals surface area contributed by atoms with Crippen LogP contribution in [0.1, 0.15) is 11.1 Å². The number of aromatic nitrogens is 3. The summed E-state index contributed by atoms with van der Waals surface area (Å²) in [6.07, 6.45) is -2.86. The van der Waals surface area contributed by atoms with Gasteiger partial charge in [0.05, 0.1) is 32.7 Å². The number of hydrogen-bond acceptors (Lipinski definition) is 3.